The van der Waals surface area contributed by atoms with Gasteiger partial charge < -0.3 is 10.6 Å². The van der Waals surface area contributed by atoms with Crippen LogP contribution in [0.15, 0.2) is 24.3 Å². The molecule has 1 aliphatic carbocycles. The molecule has 2 unspecified atom stereocenters. The van der Waals surface area contributed by atoms with Crippen LogP contribution < -0.4 is 10.6 Å². The normalized spacial score (nSPS) is 28.9. The van der Waals surface area contributed by atoms with Crippen molar-refractivity contribution in [1.29, 1.82) is 0 Å². The van der Waals surface area contributed by atoms with Crippen LogP contribution in [0.2, 0.25) is 0 Å². The molecule has 92 valence electrons. The van der Waals surface area contributed by atoms with E-state index in [1.807, 2.05) is 0 Å². The quantitative estimate of drug-likeness (QED) is 0.803. The molecular weight excluding hydrogens is 208 g/mol. The molecule has 0 saturated heterocycles. The molecule has 17 heavy (non-hydrogen) atoms. The molecule has 1 saturated carbocycles. The van der Waals surface area contributed by atoms with E-state index in [-0.39, 0.29) is 0 Å². The summed E-state index contributed by atoms with van der Waals surface area (Å²) >= 11 is 0. The van der Waals surface area contributed by atoms with E-state index in [4.69, 9.17) is 5.73 Å². The Hall–Kier alpha value is -1.02. The predicted octanol–water partition coefficient (Wildman–Crippen LogP) is 2.71. The number of benzene rings is 1. The summed E-state index contributed by atoms with van der Waals surface area (Å²) in [4.78, 5) is 2.62. The van der Waals surface area contributed by atoms with Crippen molar-refractivity contribution in [1.82, 2.24) is 0 Å². The molecule has 0 bridgehead atoms. The van der Waals surface area contributed by atoms with Crippen molar-refractivity contribution >= 4 is 5.69 Å². The zero-order valence-electron chi connectivity index (χ0n) is 10.4. The number of fused-ring (bicyclic) bond motifs is 1. The number of rotatable bonds is 1. The predicted molar refractivity (Wildman–Crippen MR) is 72.3 cm³/mol. The molecule has 0 amide bonds. The van der Waals surface area contributed by atoms with Gasteiger partial charge in [0, 0.05) is 24.3 Å². The number of aryl methyl sites for hydroxylation is 1. The lowest BCUT2D eigenvalue weighted by atomic mass is 9.88. The molecule has 1 aliphatic heterocycles. The second-order valence-electron chi connectivity index (χ2n) is 5.51. The maximum Gasteiger partial charge on any atom is 0.0401 e. The van der Waals surface area contributed by atoms with Gasteiger partial charge in [-0.2, -0.15) is 0 Å². The van der Waals surface area contributed by atoms with Gasteiger partial charge >= 0.3 is 0 Å². The standard InChI is InChI=1S/C15H22N2/c16-13-7-3-8-14(11-13)17-10-4-6-12-5-1-2-9-15(12)17/h1-2,5,9,13-14H,3-4,6-8,10-11,16H2. The lowest BCUT2D eigenvalue weighted by Crippen LogP contribution is -2.44. The van der Waals surface area contributed by atoms with E-state index in [9.17, 15) is 0 Å². The van der Waals surface area contributed by atoms with Crippen molar-refractivity contribution in [2.24, 2.45) is 5.73 Å². The minimum atomic E-state index is 0.419. The average molecular weight is 230 g/mol. The summed E-state index contributed by atoms with van der Waals surface area (Å²) in [6.45, 7) is 1.22. The van der Waals surface area contributed by atoms with Crippen molar-refractivity contribution in [3.63, 3.8) is 0 Å². The number of anilines is 1. The maximum atomic E-state index is 6.13. The molecule has 0 spiro atoms. The zero-order chi connectivity index (χ0) is 11.7. The third kappa shape index (κ3) is 2.19. The molecule has 2 N–H and O–H groups in total. The first kappa shape index (κ1) is 11.1. The van der Waals surface area contributed by atoms with Crippen LogP contribution in [-0.2, 0) is 6.42 Å². The van der Waals surface area contributed by atoms with Crippen molar-refractivity contribution < 1.29 is 0 Å². The van der Waals surface area contributed by atoms with Gasteiger partial charge in [0.1, 0.15) is 0 Å². The van der Waals surface area contributed by atoms with Crippen LogP contribution in [0.1, 0.15) is 37.7 Å². The smallest absolute Gasteiger partial charge is 0.0401 e. The number of nitrogens with two attached hydrogens (primary N) is 1. The molecule has 2 heteroatoms. The molecule has 1 aromatic carbocycles. The van der Waals surface area contributed by atoms with Crippen LogP contribution in [-0.4, -0.2) is 18.6 Å². The molecule has 1 heterocycles. The summed E-state index contributed by atoms with van der Waals surface area (Å²) < 4.78 is 0. The largest absolute Gasteiger partial charge is 0.368 e. The summed E-state index contributed by atoms with van der Waals surface area (Å²) in [7, 11) is 0. The maximum absolute atomic E-state index is 6.13. The molecule has 2 atom stereocenters. The summed E-state index contributed by atoms with van der Waals surface area (Å²) in [6.07, 6.45) is 7.54. The lowest BCUT2D eigenvalue weighted by Gasteiger charge is -2.41. The highest BCUT2D eigenvalue weighted by Gasteiger charge is 2.27. The number of hydrogen-bond donors (Lipinski definition) is 1. The Kier molecular flexibility index (Phi) is 3.06. The van der Waals surface area contributed by atoms with E-state index in [0.717, 1.165) is 0 Å². The van der Waals surface area contributed by atoms with Crippen LogP contribution in [0.5, 0.6) is 0 Å². The summed E-state index contributed by atoms with van der Waals surface area (Å²) in [6, 6.07) is 10.00. The van der Waals surface area contributed by atoms with Crippen LogP contribution in [0.4, 0.5) is 5.69 Å². The van der Waals surface area contributed by atoms with Crippen molar-refractivity contribution in [3.8, 4) is 0 Å². The second kappa shape index (κ2) is 4.69. The summed E-state index contributed by atoms with van der Waals surface area (Å²) in [5.74, 6) is 0. The van der Waals surface area contributed by atoms with Crippen LogP contribution >= 0.6 is 0 Å². The number of hydrogen-bond acceptors (Lipinski definition) is 2. The first-order valence-electron chi connectivity index (χ1n) is 6.95. The average Bonchev–Trinajstić information content (AvgIpc) is 2.38. The Bertz CT molecular complexity index is 388. The van der Waals surface area contributed by atoms with E-state index in [2.05, 4.69) is 29.2 Å². The summed E-state index contributed by atoms with van der Waals surface area (Å²) in [5, 5.41) is 0. The van der Waals surface area contributed by atoms with Crippen molar-refractivity contribution in [2.45, 2.75) is 50.6 Å². The topological polar surface area (TPSA) is 29.3 Å². The molecule has 0 aromatic heterocycles. The van der Waals surface area contributed by atoms with Gasteiger partial charge in [-0.1, -0.05) is 18.2 Å². The van der Waals surface area contributed by atoms with Gasteiger partial charge in [0.25, 0.3) is 0 Å². The van der Waals surface area contributed by atoms with Gasteiger partial charge in [0.15, 0.2) is 0 Å². The number of para-hydroxylation sites is 1. The third-order valence-corrected chi connectivity index (χ3v) is 4.27. The van der Waals surface area contributed by atoms with Crippen LogP contribution in [0, 0.1) is 0 Å². The first-order chi connectivity index (χ1) is 8.34. The van der Waals surface area contributed by atoms with E-state index in [0.29, 0.717) is 12.1 Å². The minimum Gasteiger partial charge on any atom is -0.368 e. The van der Waals surface area contributed by atoms with Crippen molar-refractivity contribution in [3.05, 3.63) is 29.8 Å². The fraction of sp³-hybridized carbons (Fsp3) is 0.600. The van der Waals surface area contributed by atoms with Crippen molar-refractivity contribution in [2.75, 3.05) is 11.4 Å². The van der Waals surface area contributed by atoms with E-state index in [1.165, 1.54) is 56.3 Å². The molecule has 1 fully saturated rings. The fourth-order valence-electron chi connectivity index (χ4n) is 3.43. The highest BCUT2D eigenvalue weighted by molar-refractivity contribution is 5.56. The molecule has 3 rings (SSSR count). The van der Waals surface area contributed by atoms with Gasteiger partial charge in [-0.05, 0) is 50.2 Å². The highest BCUT2D eigenvalue weighted by Crippen LogP contribution is 2.32. The van der Waals surface area contributed by atoms with Gasteiger partial charge in [-0.15, -0.1) is 0 Å². The minimum absolute atomic E-state index is 0.419. The third-order valence-electron chi connectivity index (χ3n) is 4.27. The monoisotopic (exact) mass is 230 g/mol. The van der Waals surface area contributed by atoms with E-state index < -0.39 is 0 Å². The van der Waals surface area contributed by atoms with Gasteiger partial charge in [-0.25, -0.2) is 0 Å². The van der Waals surface area contributed by atoms with Gasteiger partial charge in [0.2, 0.25) is 0 Å². The van der Waals surface area contributed by atoms with Crippen LogP contribution in [0.3, 0.4) is 0 Å². The SMILES string of the molecule is NC1CCCC(N2CCCc3ccccc32)C1. The van der Waals surface area contributed by atoms with Gasteiger partial charge in [-0.3, -0.25) is 0 Å². The number of nitrogens with zero attached hydrogens (tertiary/aromatic N) is 1. The Morgan fingerprint density at radius 2 is 2.00 bits per heavy atom. The van der Waals surface area contributed by atoms with Crippen LogP contribution in [0.25, 0.3) is 0 Å². The molecule has 2 aliphatic rings. The Labute approximate surface area is 104 Å². The Morgan fingerprint density at radius 1 is 1.12 bits per heavy atom. The highest BCUT2D eigenvalue weighted by atomic mass is 15.2. The zero-order valence-corrected chi connectivity index (χ0v) is 10.4. The van der Waals surface area contributed by atoms with E-state index >= 15 is 0 Å². The molecule has 2 nitrogen and oxygen atoms in total. The van der Waals surface area contributed by atoms with Gasteiger partial charge in [0.05, 0.1) is 0 Å². The molecular formula is C15H22N2. The molecule has 0 radical (unpaired) electrons. The Balaban J connectivity index is 1.84. The lowest BCUT2D eigenvalue weighted by molar-refractivity contribution is 0.368. The first-order valence-corrected chi connectivity index (χ1v) is 6.95. The second-order valence-corrected chi connectivity index (χ2v) is 5.51. The molecule has 1 aromatic rings. The summed E-state index contributed by atoms with van der Waals surface area (Å²) in [5.41, 5.74) is 9.12. The van der Waals surface area contributed by atoms with E-state index in [1.54, 1.807) is 0 Å². The Morgan fingerprint density at radius 3 is 2.88 bits per heavy atom. The fourth-order valence-corrected chi connectivity index (χ4v) is 3.43.